The summed E-state index contributed by atoms with van der Waals surface area (Å²) in [4.78, 5) is 17.5. The predicted molar refractivity (Wildman–Crippen MR) is 88.4 cm³/mol. The number of rotatable bonds is 3. The van der Waals surface area contributed by atoms with Crippen molar-refractivity contribution < 1.29 is 5.11 Å². The molecule has 22 heavy (non-hydrogen) atoms. The van der Waals surface area contributed by atoms with Crippen LogP contribution in [0.5, 0.6) is 0 Å². The molecular weight excluding hydrogens is 296 g/mol. The van der Waals surface area contributed by atoms with Crippen molar-refractivity contribution in [3.63, 3.8) is 0 Å². The number of hydrogen-bond donors (Lipinski definition) is 1. The van der Waals surface area contributed by atoms with Crippen LogP contribution >= 0.6 is 11.8 Å². The van der Waals surface area contributed by atoms with Crippen LogP contribution in [-0.4, -0.2) is 26.0 Å². The number of para-hydroxylation sites is 1. The van der Waals surface area contributed by atoms with Gasteiger partial charge in [0.15, 0.2) is 5.16 Å². The van der Waals surface area contributed by atoms with Crippen LogP contribution in [0.4, 0.5) is 0 Å². The molecule has 0 radical (unpaired) electrons. The van der Waals surface area contributed by atoms with E-state index in [9.17, 15) is 9.90 Å². The van der Waals surface area contributed by atoms with Gasteiger partial charge in [-0.1, -0.05) is 36.7 Å². The highest BCUT2D eigenvalue weighted by atomic mass is 32.2. The first kappa shape index (κ1) is 14.3. The second kappa shape index (κ2) is 5.70. The fourth-order valence-corrected chi connectivity index (χ4v) is 4.56. The molecule has 4 nitrogen and oxygen atoms in total. The molecule has 5 heteroatoms. The van der Waals surface area contributed by atoms with Gasteiger partial charge in [-0.05, 0) is 37.8 Å². The summed E-state index contributed by atoms with van der Waals surface area (Å²) in [5, 5.41) is 11.9. The van der Waals surface area contributed by atoms with Crippen LogP contribution in [0.2, 0.25) is 0 Å². The summed E-state index contributed by atoms with van der Waals surface area (Å²) >= 11 is 1.60. The Morgan fingerprint density at radius 3 is 2.68 bits per heavy atom. The highest BCUT2D eigenvalue weighted by molar-refractivity contribution is 7.99. The van der Waals surface area contributed by atoms with Crippen molar-refractivity contribution in [1.82, 2.24) is 9.55 Å². The third-order valence-electron chi connectivity index (χ3n) is 4.61. The number of hydrogen-bond acceptors (Lipinski definition) is 4. The van der Waals surface area contributed by atoms with Crippen molar-refractivity contribution >= 4 is 22.7 Å². The van der Waals surface area contributed by atoms with Crippen LogP contribution in [0.25, 0.3) is 10.9 Å². The third kappa shape index (κ3) is 2.57. The smallest absolute Gasteiger partial charge is 0.262 e. The summed E-state index contributed by atoms with van der Waals surface area (Å²) in [5.41, 5.74) is 0.832. The predicted octanol–water partition coefficient (Wildman–Crippen LogP) is 3.13. The third-order valence-corrected chi connectivity index (χ3v) is 5.96. The molecule has 0 amide bonds. The number of aliphatic hydroxyl groups is 1. The van der Waals surface area contributed by atoms with E-state index in [-0.39, 0.29) is 16.9 Å². The summed E-state index contributed by atoms with van der Waals surface area (Å²) in [5.74, 6) is 0. The zero-order valence-corrected chi connectivity index (χ0v) is 13.3. The maximum Gasteiger partial charge on any atom is 0.262 e. The average Bonchev–Trinajstić information content (AvgIpc) is 3.35. The Kier molecular flexibility index (Phi) is 3.70. The van der Waals surface area contributed by atoms with Gasteiger partial charge in [0.1, 0.15) is 0 Å². The fraction of sp³-hybridized carbons (Fsp3) is 0.529. The lowest BCUT2D eigenvalue weighted by molar-refractivity contribution is 0.136. The quantitative estimate of drug-likeness (QED) is 0.884. The van der Waals surface area contributed by atoms with E-state index in [0.717, 1.165) is 49.2 Å². The molecule has 0 spiro atoms. The lowest BCUT2D eigenvalue weighted by atomic mass is 9.97. The van der Waals surface area contributed by atoms with Crippen molar-refractivity contribution in [2.75, 3.05) is 0 Å². The molecule has 1 heterocycles. The number of aromatic nitrogens is 2. The van der Waals surface area contributed by atoms with Crippen LogP contribution < -0.4 is 5.56 Å². The van der Waals surface area contributed by atoms with Crippen molar-refractivity contribution in [2.24, 2.45) is 0 Å². The second-order valence-electron chi connectivity index (χ2n) is 6.33. The Morgan fingerprint density at radius 2 is 1.91 bits per heavy atom. The van der Waals surface area contributed by atoms with Gasteiger partial charge in [-0.15, -0.1) is 0 Å². The lowest BCUT2D eigenvalue weighted by Crippen LogP contribution is -2.29. The standard InChI is InChI=1S/C17H20N2O2S/c20-14-7-3-4-8-15(14)22-17-18-13-6-2-1-5-12(13)16(21)19(17)11-9-10-11/h1-2,5-6,11,14-15,20H,3-4,7-10H2. The zero-order valence-electron chi connectivity index (χ0n) is 12.4. The van der Waals surface area contributed by atoms with Gasteiger partial charge < -0.3 is 5.11 Å². The van der Waals surface area contributed by atoms with E-state index < -0.39 is 0 Å². The van der Waals surface area contributed by atoms with Gasteiger partial charge in [0.2, 0.25) is 0 Å². The topological polar surface area (TPSA) is 55.1 Å². The highest BCUT2D eigenvalue weighted by Crippen LogP contribution is 2.39. The van der Waals surface area contributed by atoms with Gasteiger partial charge in [-0.25, -0.2) is 4.98 Å². The second-order valence-corrected chi connectivity index (χ2v) is 7.53. The summed E-state index contributed by atoms with van der Waals surface area (Å²) in [7, 11) is 0. The molecule has 2 atom stereocenters. The van der Waals surface area contributed by atoms with E-state index in [0.29, 0.717) is 11.4 Å². The first-order chi connectivity index (χ1) is 10.7. The van der Waals surface area contributed by atoms with Crippen LogP contribution in [0.15, 0.2) is 34.2 Å². The Labute approximate surface area is 133 Å². The molecule has 2 fully saturated rings. The minimum atomic E-state index is -0.283. The van der Waals surface area contributed by atoms with Gasteiger partial charge in [-0.2, -0.15) is 0 Å². The fourth-order valence-electron chi connectivity index (χ4n) is 3.21. The molecular formula is C17H20N2O2S. The molecule has 116 valence electrons. The molecule has 2 unspecified atom stereocenters. The van der Waals surface area contributed by atoms with Crippen molar-refractivity contribution in [1.29, 1.82) is 0 Å². The Morgan fingerprint density at radius 1 is 1.14 bits per heavy atom. The molecule has 2 aromatic rings. The Hall–Kier alpha value is -1.33. The molecule has 2 aliphatic rings. The number of nitrogens with zero attached hydrogens (tertiary/aromatic N) is 2. The van der Waals surface area contributed by atoms with Crippen LogP contribution in [0.3, 0.4) is 0 Å². The Balaban J connectivity index is 1.78. The zero-order chi connectivity index (χ0) is 15.1. The highest BCUT2D eigenvalue weighted by Gasteiger charge is 2.31. The molecule has 4 rings (SSSR count). The van der Waals surface area contributed by atoms with Crippen molar-refractivity contribution in [3.8, 4) is 0 Å². The molecule has 0 aliphatic heterocycles. The van der Waals surface area contributed by atoms with E-state index in [2.05, 4.69) is 0 Å². The lowest BCUT2D eigenvalue weighted by Gasteiger charge is -2.27. The summed E-state index contributed by atoms with van der Waals surface area (Å²) < 4.78 is 1.87. The van der Waals surface area contributed by atoms with Gasteiger partial charge in [0, 0.05) is 11.3 Å². The number of fused-ring (bicyclic) bond motifs is 1. The Bertz CT molecular complexity index is 754. The van der Waals surface area contributed by atoms with E-state index in [1.54, 1.807) is 11.8 Å². The van der Waals surface area contributed by atoms with Crippen LogP contribution in [0.1, 0.15) is 44.6 Å². The molecule has 2 saturated carbocycles. The van der Waals surface area contributed by atoms with Crippen molar-refractivity contribution in [2.45, 2.75) is 61.1 Å². The minimum Gasteiger partial charge on any atom is -0.392 e. The summed E-state index contributed by atoms with van der Waals surface area (Å²) in [6.45, 7) is 0. The monoisotopic (exact) mass is 316 g/mol. The summed E-state index contributed by atoms with van der Waals surface area (Å²) in [6, 6.07) is 7.86. The van der Waals surface area contributed by atoms with Crippen LogP contribution in [0, 0.1) is 0 Å². The first-order valence-electron chi connectivity index (χ1n) is 8.10. The SMILES string of the molecule is O=c1c2ccccc2nc(SC2CCCCC2O)n1C1CC1. The van der Waals surface area contributed by atoms with Crippen molar-refractivity contribution in [3.05, 3.63) is 34.6 Å². The van der Waals surface area contributed by atoms with Gasteiger partial charge in [0.25, 0.3) is 5.56 Å². The minimum absolute atomic E-state index is 0.0703. The van der Waals surface area contributed by atoms with Gasteiger partial charge in [0.05, 0.1) is 17.0 Å². The molecule has 1 aromatic carbocycles. The number of benzene rings is 1. The van der Waals surface area contributed by atoms with E-state index in [1.165, 1.54) is 0 Å². The molecule has 1 aromatic heterocycles. The molecule has 1 N–H and O–H groups in total. The molecule has 0 saturated heterocycles. The van der Waals surface area contributed by atoms with Gasteiger partial charge in [-0.3, -0.25) is 9.36 Å². The van der Waals surface area contributed by atoms with E-state index >= 15 is 0 Å². The van der Waals surface area contributed by atoms with Gasteiger partial charge >= 0.3 is 0 Å². The first-order valence-corrected chi connectivity index (χ1v) is 8.98. The molecule has 2 aliphatic carbocycles. The van der Waals surface area contributed by atoms with Crippen LogP contribution in [-0.2, 0) is 0 Å². The number of aliphatic hydroxyl groups excluding tert-OH is 1. The van der Waals surface area contributed by atoms with E-state index in [1.807, 2.05) is 28.8 Å². The normalized spacial score (nSPS) is 25.5. The van der Waals surface area contributed by atoms with E-state index in [4.69, 9.17) is 4.98 Å². The largest absolute Gasteiger partial charge is 0.392 e. The maximum atomic E-state index is 12.8. The summed E-state index contributed by atoms with van der Waals surface area (Å²) in [6.07, 6.45) is 5.93. The average molecular weight is 316 g/mol. The number of thioether (sulfide) groups is 1. The molecule has 0 bridgehead atoms. The maximum absolute atomic E-state index is 12.8.